The molecule has 0 aliphatic rings. The molecule has 40 heavy (non-hydrogen) atoms. The molecule has 2 N–H and O–H groups in total. The molecule has 0 aliphatic carbocycles. The molecule has 0 fully saturated rings. The van der Waals surface area contributed by atoms with E-state index in [-0.39, 0.29) is 11.4 Å². The van der Waals surface area contributed by atoms with Gasteiger partial charge in [0.05, 0.1) is 17.7 Å². The number of fused-ring (bicyclic) bond motifs is 1. The number of methoxy groups -OCH3 is 1. The van der Waals surface area contributed by atoms with E-state index in [1.54, 1.807) is 43.5 Å². The number of hydrogen-bond donors (Lipinski definition) is 2. The van der Waals surface area contributed by atoms with Crippen LogP contribution in [-0.2, 0) is 16.7 Å². The lowest BCUT2D eigenvalue weighted by molar-refractivity contribution is 0.0697. The first kappa shape index (κ1) is 27.1. The molecule has 204 valence electrons. The van der Waals surface area contributed by atoms with Gasteiger partial charge in [0.15, 0.2) is 0 Å². The van der Waals surface area contributed by atoms with Gasteiger partial charge >= 0.3 is 5.97 Å². The number of nitrogens with one attached hydrogen (secondary N) is 1. The highest BCUT2D eigenvalue weighted by molar-refractivity contribution is 6.07. The number of aromatic carboxylic acids is 1. The van der Waals surface area contributed by atoms with Crippen LogP contribution in [0.5, 0.6) is 0 Å². The quantitative estimate of drug-likeness (QED) is 0.200. The monoisotopic (exact) mass is 540 g/mol. The second kappa shape index (κ2) is 10.9. The van der Waals surface area contributed by atoms with E-state index in [1.165, 1.54) is 24.3 Å². The van der Waals surface area contributed by atoms with E-state index in [0.29, 0.717) is 30.0 Å². The number of benzene rings is 4. The van der Waals surface area contributed by atoms with Gasteiger partial charge in [-0.1, -0.05) is 56.3 Å². The van der Waals surface area contributed by atoms with Gasteiger partial charge in [0.25, 0.3) is 0 Å². The zero-order valence-corrected chi connectivity index (χ0v) is 22.5. The molecule has 0 spiro atoms. The average molecular weight is 541 g/mol. The van der Waals surface area contributed by atoms with Crippen LogP contribution in [0.25, 0.3) is 27.7 Å². The molecule has 4 aromatic carbocycles. The van der Waals surface area contributed by atoms with E-state index in [4.69, 9.17) is 4.74 Å². The first-order valence-corrected chi connectivity index (χ1v) is 12.9. The van der Waals surface area contributed by atoms with Crippen molar-refractivity contribution in [3.05, 3.63) is 119 Å². The Morgan fingerprint density at radius 2 is 1.60 bits per heavy atom. The van der Waals surface area contributed by atoms with Crippen molar-refractivity contribution in [2.45, 2.75) is 25.8 Å². The number of carboxylic acids is 1. The zero-order chi connectivity index (χ0) is 28.4. The fourth-order valence-corrected chi connectivity index (χ4v) is 5.30. The lowest BCUT2D eigenvalue weighted by atomic mass is 9.84. The number of ether oxygens (including phenoxy) is 1. The van der Waals surface area contributed by atoms with Gasteiger partial charge in [-0.15, -0.1) is 0 Å². The van der Waals surface area contributed by atoms with E-state index in [0.717, 1.165) is 27.8 Å². The Kier molecular flexibility index (Phi) is 7.41. The minimum absolute atomic E-state index is 0.164. The molecule has 0 bridgehead atoms. The van der Waals surface area contributed by atoms with Gasteiger partial charge in [-0.05, 0) is 59.7 Å². The number of carbonyl (C=O) groups is 1. The summed E-state index contributed by atoms with van der Waals surface area (Å²) in [5.74, 6) is -1.82. The molecule has 1 heterocycles. The highest BCUT2D eigenvalue weighted by Gasteiger charge is 2.33. The molecule has 0 amide bonds. The number of hydrogen-bond acceptors (Lipinski definition) is 3. The maximum Gasteiger partial charge on any atom is 0.335 e. The molecular weight excluding hydrogens is 510 g/mol. The van der Waals surface area contributed by atoms with Gasteiger partial charge < -0.3 is 19.7 Å². The predicted octanol–water partition coefficient (Wildman–Crippen LogP) is 7.81. The van der Waals surface area contributed by atoms with Crippen molar-refractivity contribution in [2.24, 2.45) is 0 Å². The minimum Gasteiger partial charge on any atom is -0.478 e. The summed E-state index contributed by atoms with van der Waals surface area (Å²) in [7, 11) is 1.63. The Balaban J connectivity index is 1.87. The van der Waals surface area contributed by atoms with Crippen molar-refractivity contribution in [3.8, 4) is 16.8 Å². The van der Waals surface area contributed by atoms with Crippen molar-refractivity contribution in [1.82, 2.24) is 4.57 Å². The van der Waals surface area contributed by atoms with Crippen molar-refractivity contribution < 1.29 is 23.4 Å². The maximum atomic E-state index is 15.3. The van der Waals surface area contributed by atoms with Crippen LogP contribution >= 0.6 is 0 Å². The molecule has 0 saturated carbocycles. The van der Waals surface area contributed by atoms with Gasteiger partial charge in [0, 0.05) is 47.1 Å². The molecule has 0 radical (unpaired) electrons. The van der Waals surface area contributed by atoms with Crippen molar-refractivity contribution >= 4 is 22.6 Å². The fourth-order valence-electron chi connectivity index (χ4n) is 5.30. The van der Waals surface area contributed by atoms with Gasteiger partial charge in [-0.25, -0.2) is 13.6 Å². The van der Waals surface area contributed by atoms with Crippen LogP contribution in [0, 0.1) is 11.6 Å². The summed E-state index contributed by atoms with van der Waals surface area (Å²) in [6.07, 6.45) is 0. The standard InChI is InChI=1S/C33H30F2N2O3/c1-33(2,20-40-3)31-29(22-9-11-23(12-10-22)32(38)39)30-27(36-19-21-7-5-4-6-8-21)17-25(35)18-28(30)37(31)26-15-13-24(34)14-16-26/h4-18,36H,19-20H2,1-3H3,(H,38,39). The zero-order valence-electron chi connectivity index (χ0n) is 22.5. The molecule has 1 aromatic heterocycles. The molecule has 0 unspecified atom stereocenters. The van der Waals surface area contributed by atoms with Crippen LogP contribution in [0.1, 0.15) is 35.5 Å². The molecule has 7 heteroatoms. The second-order valence-electron chi connectivity index (χ2n) is 10.4. The number of halogens is 2. The Morgan fingerprint density at radius 1 is 0.925 bits per heavy atom. The Morgan fingerprint density at radius 3 is 2.23 bits per heavy atom. The maximum absolute atomic E-state index is 15.3. The summed E-state index contributed by atoms with van der Waals surface area (Å²) in [6, 6.07) is 25.5. The van der Waals surface area contributed by atoms with Gasteiger partial charge in [0.1, 0.15) is 11.6 Å². The second-order valence-corrected chi connectivity index (χ2v) is 10.4. The van der Waals surface area contributed by atoms with Crippen molar-refractivity contribution in [3.63, 3.8) is 0 Å². The van der Waals surface area contributed by atoms with Gasteiger partial charge in [-0.3, -0.25) is 0 Å². The van der Waals surface area contributed by atoms with E-state index in [9.17, 15) is 14.3 Å². The predicted molar refractivity (Wildman–Crippen MR) is 154 cm³/mol. The Hall–Kier alpha value is -4.49. The van der Waals surface area contributed by atoms with Crippen LogP contribution in [0.2, 0.25) is 0 Å². The SMILES string of the molecule is COCC(C)(C)c1c(-c2ccc(C(=O)O)cc2)c2c(NCc3ccccc3)cc(F)cc2n1-c1ccc(F)cc1. The average Bonchev–Trinajstić information content (AvgIpc) is 3.28. The molecule has 5 nitrogen and oxygen atoms in total. The Labute approximate surface area is 231 Å². The van der Waals surface area contributed by atoms with Crippen LogP contribution in [0.4, 0.5) is 14.5 Å². The number of rotatable bonds is 9. The molecular formula is C33H30F2N2O3. The van der Waals surface area contributed by atoms with E-state index in [1.807, 2.05) is 48.7 Å². The number of carboxylic acid groups (broad SMARTS) is 1. The topological polar surface area (TPSA) is 63.5 Å². The largest absolute Gasteiger partial charge is 0.478 e. The highest BCUT2D eigenvalue weighted by atomic mass is 19.1. The smallest absolute Gasteiger partial charge is 0.335 e. The van der Waals surface area contributed by atoms with Crippen LogP contribution in [-0.4, -0.2) is 29.4 Å². The summed E-state index contributed by atoms with van der Waals surface area (Å²) >= 11 is 0. The van der Waals surface area contributed by atoms with Crippen LogP contribution in [0.3, 0.4) is 0 Å². The Bertz CT molecular complexity index is 1660. The number of aromatic nitrogens is 1. The van der Waals surface area contributed by atoms with Crippen LogP contribution in [0.15, 0.2) is 91.0 Å². The molecule has 5 rings (SSSR count). The number of nitrogens with zero attached hydrogens (tertiary/aromatic N) is 1. The summed E-state index contributed by atoms with van der Waals surface area (Å²) in [6.45, 7) is 4.88. The summed E-state index contributed by atoms with van der Waals surface area (Å²) in [5, 5.41) is 13.7. The fraction of sp³-hybridized carbons (Fsp3) is 0.182. The normalized spacial score (nSPS) is 11.6. The van der Waals surface area contributed by atoms with Crippen LogP contribution < -0.4 is 5.32 Å². The van der Waals surface area contributed by atoms with Crippen molar-refractivity contribution in [1.29, 1.82) is 0 Å². The van der Waals surface area contributed by atoms with E-state index < -0.39 is 17.2 Å². The van der Waals surface area contributed by atoms with Crippen molar-refractivity contribution in [2.75, 3.05) is 19.0 Å². The molecule has 5 aromatic rings. The third-order valence-electron chi connectivity index (χ3n) is 7.01. The molecule has 0 aliphatic heterocycles. The lowest BCUT2D eigenvalue weighted by Gasteiger charge is -2.28. The minimum atomic E-state index is -1.02. The third kappa shape index (κ3) is 5.20. The number of anilines is 1. The van der Waals surface area contributed by atoms with E-state index >= 15 is 4.39 Å². The summed E-state index contributed by atoms with van der Waals surface area (Å²) in [4.78, 5) is 11.6. The molecule has 0 atom stereocenters. The summed E-state index contributed by atoms with van der Waals surface area (Å²) < 4.78 is 36.9. The van der Waals surface area contributed by atoms with Gasteiger partial charge in [0.2, 0.25) is 0 Å². The molecule has 0 saturated heterocycles. The first-order chi connectivity index (χ1) is 19.2. The lowest BCUT2D eigenvalue weighted by Crippen LogP contribution is -2.27. The highest BCUT2D eigenvalue weighted by Crippen LogP contribution is 2.46. The van der Waals surface area contributed by atoms with E-state index in [2.05, 4.69) is 5.32 Å². The summed E-state index contributed by atoms with van der Waals surface area (Å²) in [5.41, 5.74) is 4.87. The first-order valence-electron chi connectivity index (χ1n) is 12.9. The van der Waals surface area contributed by atoms with Gasteiger partial charge in [-0.2, -0.15) is 0 Å². The third-order valence-corrected chi connectivity index (χ3v) is 7.01.